The number of hydrogen-bond acceptors (Lipinski definition) is 2. The molecular weight excluding hydrogens is 396 g/mol. The Bertz CT molecular complexity index is 671. The highest BCUT2D eigenvalue weighted by Gasteiger charge is 2.11. The number of nitrogens with one attached hydrogen (secondary N) is 2. The summed E-state index contributed by atoms with van der Waals surface area (Å²) in [6.07, 6.45) is 0. The molecule has 0 saturated carbocycles. The zero-order chi connectivity index (χ0) is 15.4. The van der Waals surface area contributed by atoms with Gasteiger partial charge in [0.1, 0.15) is 0 Å². The molecule has 2 rings (SSSR count). The van der Waals surface area contributed by atoms with Gasteiger partial charge in [-0.2, -0.15) is 0 Å². The molecule has 0 fully saturated rings. The third-order valence-corrected chi connectivity index (χ3v) is 4.21. The van der Waals surface area contributed by atoms with Gasteiger partial charge < -0.3 is 10.6 Å². The minimum Gasteiger partial charge on any atom is -0.385 e. The van der Waals surface area contributed by atoms with Crippen molar-refractivity contribution in [2.45, 2.75) is 13.8 Å². The predicted octanol–water partition coefficient (Wildman–Crippen LogP) is 5.20. The van der Waals surface area contributed by atoms with Crippen molar-refractivity contribution in [1.82, 2.24) is 0 Å². The quantitative estimate of drug-likeness (QED) is 0.725. The molecule has 0 saturated heterocycles. The lowest BCUT2D eigenvalue weighted by molar-refractivity contribution is 0.102. The molecule has 0 heterocycles. The van der Waals surface area contributed by atoms with E-state index in [2.05, 4.69) is 42.5 Å². The largest absolute Gasteiger partial charge is 0.385 e. The van der Waals surface area contributed by atoms with E-state index in [0.29, 0.717) is 5.56 Å². The molecule has 0 aliphatic heterocycles. The molecule has 2 aromatic rings. The van der Waals surface area contributed by atoms with Gasteiger partial charge in [-0.1, -0.05) is 15.9 Å². The zero-order valence-electron chi connectivity index (χ0n) is 11.8. The second kappa shape index (κ2) is 7.09. The number of halogens is 2. The van der Waals surface area contributed by atoms with Crippen molar-refractivity contribution in [3.8, 4) is 0 Å². The first-order valence-electron chi connectivity index (χ1n) is 6.62. The Morgan fingerprint density at radius 1 is 1.14 bits per heavy atom. The number of benzene rings is 2. The minimum absolute atomic E-state index is 0.116. The number of amides is 1. The Morgan fingerprint density at radius 2 is 1.90 bits per heavy atom. The molecule has 2 aromatic carbocycles. The number of rotatable bonds is 4. The van der Waals surface area contributed by atoms with E-state index < -0.39 is 0 Å². The number of carbonyl (C=O) groups is 1. The smallest absolute Gasteiger partial charge is 0.255 e. The second-order valence-electron chi connectivity index (χ2n) is 4.64. The van der Waals surface area contributed by atoms with E-state index in [4.69, 9.17) is 0 Å². The molecule has 0 aromatic heterocycles. The number of hydrogen-bond donors (Lipinski definition) is 2. The fourth-order valence-electron chi connectivity index (χ4n) is 2.02. The molecule has 1 amide bonds. The first kappa shape index (κ1) is 16.0. The van der Waals surface area contributed by atoms with Crippen LogP contribution in [0.15, 0.2) is 45.3 Å². The topological polar surface area (TPSA) is 41.1 Å². The first-order chi connectivity index (χ1) is 10.0. The molecule has 3 nitrogen and oxygen atoms in total. The van der Waals surface area contributed by atoms with Gasteiger partial charge >= 0.3 is 0 Å². The van der Waals surface area contributed by atoms with Crippen LogP contribution in [0.4, 0.5) is 11.4 Å². The molecule has 110 valence electrons. The van der Waals surface area contributed by atoms with E-state index >= 15 is 0 Å². The zero-order valence-corrected chi connectivity index (χ0v) is 15.0. The van der Waals surface area contributed by atoms with Crippen molar-refractivity contribution in [2.75, 3.05) is 17.2 Å². The fraction of sp³-hybridized carbons (Fsp3) is 0.188. The molecule has 0 aliphatic carbocycles. The van der Waals surface area contributed by atoms with Crippen LogP contribution in [-0.4, -0.2) is 12.5 Å². The molecule has 0 radical (unpaired) electrons. The fourth-order valence-corrected chi connectivity index (χ4v) is 2.72. The van der Waals surface area contributed by atoms with Crippen molar-refractivity contribution >= 4 is 49.1 Å². The van der Waals surface area contributed by atoms with Crippen molar-refractivity contribution in [3.63, 3.8) is 0 Å². The maximum Gasteiger partial charge on any atom is 0.255 e. The highest BCUT2D eigenvalue weighted by Crippen LogP contribution is 2.27. The summed E-state index contributed by atoms with van der Waals surface area (Å²) >= 11 is 6.84. The van der Waals surface area contributed by atoms with Gasteiger partial charge in [0.2, 0.25) is 0 Å². The van der Waals surface area contributed by atoms with Crippen LogP contribution in [-0.2, 0) is 0 Å². The van der Waals surface area contributed by atoms with Gasteiger partial charge in [0.25, 0.3) is 5.91 Å². The lowest BCUT2D eigenvalue weighted by Crippen LogP contribution is -2.14. The van der Waals surface area contributed by atoms with Gasteiger partial charge in [-0.05, 0) is 71.7 Å². The maximum atomic E-state index is 12.4. The van der Waals surface area contributed by atoms with Gasteiger partial charge in [0.15, 0.2) is 0 Å². The maximum absolute atomic E-state index is 12.4. The highest BCUT2D eigenvalue weighted by atomic mass is 79.9. The van der Waals surface area contributed by atoms with Crippen molar-refractivity contribution in [3.05, 3.63) is 56.5 Å². The lowest BCUT2D eigenvalue weighted by atomic mass is 10.1. The van der Waals surface area contributed by atoms with Gasteiger partial charge in [0, 0.05) is 26.7 Å². The Kier molecular flexibility index (Phi) is 5.42. The summed E-state index contributed by atoms with van der Waals surface area (Å²) in [5.41, 5.74) is 3.38. The third-order valence-electron chi connectivity index (χ3n) is 3.03. The van der Waals surface area contributed by atoms with Crippen LogP contribution >= 0.6 is 31.9 Å². The van der Waals surface area contributed by atoms with E-state index in [0.717, 1.165) is 32.4 Å². The summed E-state index contributed by atoms with van der Waals surface area (Å²) in [6, 6.07) is 11.4. The molecule has 0 bridgehead atoms. The molecule has 21 heavy (non-hydrogen) atoms. The van der Waals surface area contributed by atoms with Crippen molar-refractivity contribution in [1.29, 1.82) is 0 Å². The Labute approximate surface area is 141 Å². The minimum atomic E-state index is -0.116. The van der Waals surface area contributed by atoms with Gasteiger partial charge in [-0.25, -0.2) is 0 Å². The van der Waals surface area contributed by atoms with Crippen LogP contribution in [0.1, 0.15) is 22.8 Å². The Morgan fingerprint density at radius 3 is 2.57 bits per heavy atom. The van der Waals surface area contributed by atoms with Crippen LogP contribution in [0.25, 0.3) is 0 Å². The first-order valence-corrected chi connectivity index (χ1v) is 8.20. The van der Waals surface area contributed by atoms with Gasteiger partial charge in [-0.3, -0.25) is 4.79 Å². The summed E-state index contributed by atoms with van der Waals surface area (Å²) < 4.78 is 1.76. The summed E-state index contributed by atoms with van der Waals surface area (Å²) in [4.78, 5) is 12.4. The van der Waals surface area contributed by atoms with Gasteiger partial charge in [-0.15, -0.1) is 0 Å². The molecule has 0 aliphatic rings. The Balaban J connectivity index is 2.22. The predicted molar refractivity (Wildman–Crippen MR) is 95.1 cm³/mol. The molecule has 0 spiro atoms. The standard InChI is InChI=1S/C16H16Br2N2O/c1-3-19-12-5-6-13(10(2)8-12)16(21)20-15-9-11(17)4-7-14(15)18/h4-9,19H,3H2,1-2H3,(H,20,21). The van der Waals surface area contributed by atoms with Crippen molar-refractivity contribution < 1.29 is 4.79 Å². The molecule has 5 heteroatoms. The number of carbonyl (C=O) groups excluding carboxylic acids is 1. The average molecular weight is 412 g/mol. The summed E-state index contributed by atoms with van der Waals surface area (Å²) in [5, 5.41) is 6.16. The Hall–Kier alpha value is -1.33. The van der Waals surface area contributed by atoms with Crippen LogP contribution in [0, 0.1) is 6.92 Å². The molecule has 2 N–H and O–H groups in total. The van der Waals surface area contributed by atoms with Crippen LogP contribution in [0.2, 0.25) is 0 Å². The van der Waals surface area contributed by atoms with Crippen LogP contribution < -0.4 is 10.6 Å². The highest BCUT2D eigenvalue weighted by molar-refractivity contribution is 9.11. The SMILES string of the molecule is CCNc1ccc(C(=O)Nc2cc(Br)ccc2Br)c(C)c1. The average Bonchev–Trinajstić information content (AvgIpc) is 2.43. The van der Waals surface area contributed by atoms with E-state index in [9.17, 15) is 4.79 Å². The second-order valence-corrected chi connectivity index (χ2v) is 6.41. The van der Waals surface area contributed by atoms with Crippen molar-refractivity contribution in [2.24, 2.45) is 0 Å². The van der Waals surface area contributed by atoms with E-state index in [-0.39, 0.29) is 5.91 Å². The monoisotopic (exact) mass is 410 g/mol. The number of anilines is 2. The summed E-state index contributed by atoms with van der Waals surface area (Å²) in [5.74, 6) is -0.116. The molecule has 0 atom stereocenters. The summed E-state index contributed by atoms with van der Waals surface area (Å²) in [6.45, 7) is 4.84. The molecule has 0 unspecified atom stereocenters. The lowest BCUT2D eigenvalue weighted by Gasteiger charge is -2.11. The number of aryl methyl sites for hydroxylation is 1. The summed E-state index contributed by atoms with van der Waals surface area (Å²) in [7, 11) is 0. The van der Waals surface area contributed by atoms with E-state index in [1.54, 1.807) is 0 Å². The molecular formula is C16H16Br2N2O. The van der Waals surface area contributed by atoms with Crippen LogP contribution in [0.5, 0.6) is 0 Å². The normalized spacial score (nSPS) is 10.3. The van der Waals surface area contributed by atoms with E-state index in [1.807, 2.05) is 50.2 Å². The third kappa shape index (κ3) is 4.08. The van der Waals surface area contributed by atoms with Crippen LogP contribution in [0.3, 0.4) is 0 Å². The van der Waals surface area contributed by atoms with E-state index in [1.165, 1.54) is 0 Å². The van der Waals surface area contributed by atoms with Gasteiger partial charge in [0.05, 0.1) is 5.69 Å².